The predicted octanol–water partition coefficient (Wildman–Crippen LogP) is -0.634. The summed E-state index contributed by atoms with van der Waals surface area (Å²) >= 11 is 6.32. The Morgan fingerprint density at radius 3 is 2.71 bits per heavy atom. The Hall–Kier alpha value is -0.930. The lowest BCUT2D eigenvalue weighted by Crippen LogP contribution is -2.70. The van der Waals surface area contributed by atoms with Crippen molar-refractivity contribution in [2.45, 2.75) is 49.3 Å². The molecule has 0 radical (unpaired) electrons. The van der Waals surface area contributed by atoms with Crippen LogP contribution in [0.4, 0.5) is 4.79 Å². The lowest BCUT2D eigenvalue weighted by Gasteiger charge is -2.45. The highest BCUT2D eigenvalue weighted by Gasteiger charge is 2.56. The summed E-state index contributed by atoms with van der Waals surface area (Å²) in [5, 5.41) is 21.1. The van der Waals surface area contributed by atoms with Crippen molar-refractivity contribution in [2.75, 3.05) is 13.7 Å². The number of rotatable bonds is 4. The summed E-state index contributed by atoms with van der Waals surface area (Å²) < 4.78 is 10.7. The SMILES string of the molecule is CC[C@@]1(Cl)C(=O)NC(=O)N(C2CC(O)C(CO)O2)C1OC. The molecule has 0 aromatic heterocycles. The molecular formula is C12H19ClN2O6. The molecule has 8 nitrogen and oxygen atoms in total. The van der Waals surface area contributed by atoms with Crippen LogP contribution in [0.2, 0.25) is 0 Å². The van der Waals surface area contributed by atoms with E-state index in [0.717, 1.165) is 4.90 Å². The lowest BCUT2D eigenvalue weighted by molar-refractivity contribution is -0.157. The number of amides is 3. The number of nitrogens with zero attached hydrogens (tertiary/aromatic N) is 1. The molecule has 0 saturated carbocycles. The molecule has 0 aromatic carbocycles. The fourth-order valence-corrected chi connectivity index (χ4v) is 2.91. The Kier molecular flexibility index (Phi) is 4.74. The number of urea groups is 1. The first-order valence-electron chi connectivity index (χ1n) is 6.68. The first-order chi connectivity index (χ1) is 9.88. The summed E-state index contributed by atoms with van der Waals surface area (Å²) in [6.45, 7) is 1.33. The fourth-order valence-electron chi connectivity index (χ4n) is 2.67. The van der Waals surface area contributed by atoms with Gasteiger partial charge in [0.05, 0.1) is 12.7 Å². The van der Waals surface area contributed by atoms with Crippen LogP contribution >= 0.6 is 11.6 Å². The van der Waals surface area contributed by atoms with Gasteiger partial charge in [-0.2, -0.15) is 0 Å². The number of ether oxygens (including phenoxy) is 2. The third kappa shape index (κ3) is 2.62. The second-order valence-electron chi connectivity index (χ2n) is 5.09. The van der Waals surface area contributed by atoms with Crippen molar-refractivity contribution in [3.05, 3.63) is 0 Å². The number of aliphatic hydroxyl groups excluding tert-OH is 2. The van der Waals surface area contributed by atoms with E-state index in [2.05, 4.69) is 5.32 Å². The highest BCUT2D eigenvalue weighted by molar-refractivity contribution is 6.37. The van der Waals surface area contributed by atoms with Crippen molar-refractivity contribution in [3.63, 3.8) is 0 Å². The molecule has 3 N–H and O–H groups in total. The molecule has 2 saturated heterocycles. The molecule has 3 amide bonds. The van der Waals surface area contributed by atoms with E-state index in [0.29, 0.717) is 0 Å². The molecule has 0 bridgehead atoms. The maximum atomic E-state index is 12.1. The summed E-state index contributed by atoms with van der Waals surface area (Å²) in [7, 11) is 1.34. The van der Waals surface area contributed by atoms with E-state index >= 15 is 0 Å². The number of methoxy groups -OCH3 is 1. The van der Waals surface area contributed by atoms with Gasteiger partial charge in [-0.05, 0) is 6.42 Å². The second kappa shape index (κ2) is 6.05. The number of alkyl halides is 1. The van der Waals surface area contributed by atoms with Gasteiger partial charge in [0.1, 0.15) is 12.3 Å². The number of imide groups is 1. The van der Waals surface area contributed by atoms with Crippen LogP contribution in [0.15, 0.2) is 0 Å². The van der Waals surface area contributed by atoms with Crippen molar-refractivity contribution in [1.82, 2.24) is 10.2 Å². The van der Waals surface area contributed by atoms with Crippen LogP contribution < -0.4 is 5.32 Å². The highest BCUT2D eigenvalue weighted by atomic mass is 35.5. The summed E-state index contributed by atoms with van der Waals surface area (Å²) in [6.07, 6.45) is -3.22. The monoisotopic (exact) mass is 322 g/mol. The minimum Gasteiger partial charge on any atom is -0.394 e. The van der Waals surface area contributed by atoms with Gasteiger partial charge >= 0.3 is 6.03 Å². The van der Waals surface area contributed by atoms with E-state index in [1.54, 1.807) is 6.92 Å². The fraction of sp³-hybridized carbons (Fsp3) is 0.833. The van der Waals surface area contributed by atoms with E-state index in [9.17, 15) is 14.7 Å². The zero-order chi connectivity index (χ0) is 15.8. The number of hydrogen-bond donors (Lipinski definition) is 3. The van der Waals surface area contributed by atoms with Crippen LogP contribution in [-0.4, -0.2) is 70.3 Å². The Morgan fingerprint density at radius 2 is 2.24 bits per heavy atom. The van der Waals surface area contributed by atoms with E-state index in [1.165, 1.54) is 7.11 Å². The molecule has 21 heavy (non-hydrogen) atoms. The van der Waals surface area contributed by atoms with Crippen LogP contribution in [0.1, 0.15) is 19.8 Å². The molecule has 5 atom stereocenters. The Bertz CT molecular complexity index is 436. The molecular weight excluding hydrogens is 304 g/mol. The summed E-state index contributed by atoms with van der Waals surface area (Å²) in [4.78, 5) is 23.8. The third-order valence-corrected chi connectivity index (χ3v) is 4.53. The molecule has 0 spiro atoms. The molecule has 0 aromatic rings. The van der Waals surface area contributed by atoms with Crippen LogP contribution in [0, 0.1) is 0 Å². The number of nitrogens with one attached hydrogen (secondary N) is 1. The molecule has 2 rings (SSSR count). The van der Waals surface area contributed by atoms with Gasteiger partial charge in [0.15, 0.2) is 11.1 Å². The smallest absolute Gasteiger partial charge is 0.328 e. The summed E-state index contributed by atoms with van der Waals surface area (Å²) in [6, 6.07) is -0.702. The van der Waals surface area contributed by atoms with Crippen LogP contribution in [0.25, 0.3) is 0 Å². The first kappa shape index (κ1) is 16.4. The van der Waals surface area contributed by atoms with Gasteiger partial charge in [-0.1, -0.05) is 6.92 Å². The minimum atomic E-state index is -1.44. The van der Waals surface area contributed by atoms with Crippen LogP contribution in [-0.2, 0) is 14.3 Å². The quantitative estimate of drug-likeness (QED) is 0.595. The van der Waals surface area contributed by atoms with Crippen molar-refractivity contribution in [3.8, 4) is 0 Å². The average Bonchev–Trinajstić information content (AvgIpc) is 2.82. The van der Waals surface area contributed by atoms with Gasteiger partial charge in [-0.15, -0.1) is 11.6 Å². The molecule has 2 heterocycles. The molecule has 2 aliphatic rings. The van der Waals surface area contributed by atoms with E-state index < -0.39 is 41.5 Å². The Morgan fingerprint density at radius 1 is 1.57 bits per heavy atom. The molecule has 4 unspecified atom stereocenters. The van der Waals surface area contributed by atoms with Crippen molar-refractivity contribution < 1.29 is 29.3 Å². The number of halogens is 1. The molecule has 120 valence electrons. The second-order valence-corrected chi connectivity index (χ2v) is 5.76. The molecule has 0 aliphatic carbocycles. The highest BCUT2D eigenvalue weighted by Crippen LogP contribution is 2.36. The van der Waals surface area contributed by atoms with Crippen molar-refractivity contribution >= 4 is 23.5 Å². The van der Waals surface area contributed by atoms with Crippen LogP contribution in [0.5, 0.6) is 0 Å². The largest absolute Gasteiger partial charge is 0.394 e. The molecule has 2 aliphatic heterocycles. The number of carbonyl (C=O) groups is 2. The van der Waals surface area contributed by atoms with Gasteiger partial charge in [0, 0.05) is 13.5 Å². The molecule has 9 heteroatoms. The number of aliphatic hydroxyl groups is 2. The Balaban J connectivity index is 2.28. The molecule has 2 fully saturated rings. The van der Waals surface area contributed by atoms with E-state index in [1.807, 2.05) is 0 Å². The summed E-state index contributed by atoms with van der Waals surface area (Å²) in [5.74, 6) is -0.628. The normalized spacial score (nSPS) is 40.5. The number of hydrogen-bond acceptors (Lipinski definition) is 6. The zero-order valence-electron chi connectivity index (χ0n) is 11.8. The van der Waals surface area contributed by atoms with Gasteiger partial charge in [-0.3, -0.25) is 15.0 Å². The maximum absolute atomic E-state index is 12.1. The predicted molar refractivity (Wildman–Crippen MR) is 71.4 cm³/mol. The van der Waals surface area contributed by atoms with E-state index in [4.69, 9.17) is 26.2 Å². The van der Waals surface area contributed by atoms with Crippen molar-refractivity contribution in [1.29, 1.82) is 0 Å². The lowest BCUT2D eigenvalue weighted by atomic mass is 9.98. The average molecular weight is 323 g/mol. The van der Waals surface area contributed by atoms with Crippen LogP contribution in [0.3, 0.4) is 0 Å². The van der Waals surface area contributed by atoms with Gasteiger partial charge < -0.3 is 19.7 Å². The standard InChI is InChI=1S/C12H19ClN2O6/c1-3-12(13)9(18)14-11(19)15(10(12)20-2)8-4-6(17)7(5-16)21-8/h6-8,10,16-17H,3-5H2,1-2H3,(H,14,18,19)/t6?,7?,8?,10?,12-/m1/s1. The topological polar surface area (TPSA) is 108 Å². The summed E-state index contributed by atoms with van der Waals surface area (Å²) in [5.41, 5.74) is 0. The van der Waals surface area contributed by atoms with Crippen molar-refractivity contribution in [2.24, 2.45) is 0 Å². The minimum absolute atomic E-state index is 0.101. The van der Waals surface area contributed by atoms with Gasteiger partial charge in [0.2, 0.25) is 0 Å². The third-order valence-electron chi connectivity index (χ3n) is 3.91. The number of carbonyl (C=O) groups excluding carboxylic acids is 2. The Labute approximate surface area is 126 Å². The first-order valence-corrected chi connectivity index (χ1v) is 7.06. The van der Waals surface area contributed by atoms with Gasteiger partial charge in [-0.25, -0.2) is 4.79 Å². The maximum Gasteiger partial charge on any atom is 0.328 e. The zero-order valence-corrected chi connectivity index (χ0v) is 12.5. The van der Waals surface area contributed by atoms with E-state index in [-0.39, 0.29) is 19.4 Å². The van der Waals surface area contributed by atoms with Gasteiger partial charge in [0.25, 0.3) is 5.91 Å².